The highest BCUT2D eigenvalue weighted by Crippen LogP contribution is 2.38. The van der Waals surface area contributed by atoms with Gasteiger partial charge in [-0.05, 0) is 37.5 Å². The van der Waals surface area contributed by atoms with Crippen LogP contribution in [0.2, 0.25) is 0 Å². The van der Waals surface area contributed by atoms with Crippen molar-refractivity contribution in [1.82, 2.24) is 4.98 Å². The Bertz CT molecular complexity index is 441. The van der Waals surface area contributed by atoms with Gasteiger partial charge in [-0.2, -0.15) is 0 Å². The predicted molar refractivity (Wildman–Crippen MR) is 80.3 cm³/mol. The molecule has 0 radical (unpaired) electrons. The number of nitrogens with zero attached hydrogens (tertiary/aromatic N) is 1. The first-order chi connectivity index (χ1) is 8.97. The van der Waals surface area contributed by atoms with Crippen molar-refractivity contribution < 1.29 is 4.79 Å². The minimum absolute atomic E-state index is 0.158. The van der Waals surface area contributed by atoms with Gasteiger partial charge < -0.3 is 5.32 Å². The number of carbonyl (C=O) groups excluding carboxylic acids is 1. The van der Waals surface area contributed by atoms with E-state index < -0.39 is 0 Å². The average Bonchev–Trinajstić information content (AvgIpc) is 2.74. The minimum Gasteiger partial charge on any atom is -0.316 e. The molecule has 0 aromatic carbocycles. The Labute approximate surface area is 119 Å². The number of carbonyl (C=O) groups is 1. The fraction of sp³-hybridized carbons (Fsp3) is 0.733. The second kappa shape index (κ2) is 6.04. The maximum atomic E-state index is 12.5. The number of aryl methyl sites for hydroxylation is 1. The summed E-state index contributed by atoms with van der Waals surface area (Å²) >= 11 is 1.55. The smallest absolute Gasteiger partial charge is 0.228 e. The molecule has 1 amide bonds. The van der Waals surface area contributed by atoms with Crippen LogP contribution < -0.4 is 5.32 Å². The van der Waals surface area contributed by atoms with Crippen molar-refractivity contribution in [2.75, 3.05) is 5.32 Å². The summed E-state index contributed by atoms with van der Waals surface area (Å²) in [6.07, 6.45) is 5.21. The van der Waals surface area contributed by atoms with Gasteiger partial charge >= 0.3 is 0 Å². The Morgan fingerprint density at radius 3 is 2.79 bits per heavy atom. The number of hydrogen-bond acceptors (Lipinski definition) is 3. The van der Waals surface area contributed by atoms with E-state index in [4.69, 9.17) is 0 Å². The molecule has 1 N–H and O–H groups in total. The molecule has 0 saturated heterocycles. The summed E-state index contributed by atoms with van der Waals surface area (Å²) in [7, 11) is 0. The van der Waals surface area contributed by atoms with Crippen molar-refractivity contribution >= 4 is 22.2 Å². The van der Waals surface area contributed by atoms with Gasteiger partial charge in [0.05, 0.1) is 11.2 Å². The van der Waals surface area contributed by atoms with Gasteiger partial charge in [-0.1, -0.05) is 27.2 Å². The quantitative estimate of drug-likeness (QED) is 0.905. The fourth-order valence-electron chi connectivity index (χ4n) is 3.14. The van der Waals surface area contributed by atoms with Crippen LogP contribution in [0.15, 0.2) is 6.20 Å². The van der Waals surface area contributed by atoms with Crippen LogP contribution in [0.25, 0.3) is 0 Å². The first-order valence-electron chi connectivity index (χ1n) is 7.20. The SMILES string of the molecule is Cc1ncc(NC(=O)[C@@H]2C[C@H](C)CC[C@H]2C(C)C)s1. The van der Waals surface area contributed by atoms with Gasteiger partial charge in [-0.25, -0.2) is 4.98 Å². The third kappa shape index (κ3) is 3.56. The van der Waals surface area contributed by atoms with Crippen molar-refractivity contribution in [2.24, 2.45) is 23.7 Å². The zero-order valence-corrected chi connectivity index (χ0v) is 13.1. The van der Waals surface area contributed by atoms with Crippen LogP contribution in [0.1, 0.15) is 45.0 Å². The molecule has 1 saturated carbocycles. The molecule has 3 atom stereocenters. The highest BCUT2D eigenvalue weighted by molar-refractivity contribution is 7.15. The summed E-state index contributed by atoms with van der Waals surface area (Å²) in [5.41, 5.74) is 0. The van der Waals surface area contributed by atoms with Crippen molar-refractivity contribution in [3.05, 3.63) is 11.2 Å². The summed E-state index contributed by atoms with van der Waals surface area (Å²) in [5, 5.41) is 4.93. The van der Waals surface area contributed by atoms with Gasteiger partial charge in [0, 0.05) is 5.92 Å². The first-order valence-corrected chi connectivity index (χ1v) is 8.02. The molecule has 3 nitrogen and oxygen atoms in total. The lowest BCUT2D eigenvalue weighted by molar-refractivity contribution is -0.123. The highest BCUT2D eigenvalue weighted by atomic mass is 32.1. The predicted octanol–water partition coefficient (Wildman–Crippen LogP) is 4.10. The lowest BCUT2D eigenvalue weighted by Crippen LogP contribution is -2.36. The lowest BCUT2D eigenvalue weighted by Gasteiger charge is -2.36. The number of hydrogen-bond donors (Lipinski definition) is 1. The highest BCUT2D eigenvalue weighted by Gasteiger charge is 2.35. The van der Waals surface area contributed by atoms with Crippen LogP contribution >= 0.6 is 11.3 Å². The average molecular weight is 280 g/mol. The third-order valence-electron chi connectivity index (χ3n) is 4.23. The van der Waals surface area contributed by atoms with Gasteiger partial charge in [-0.15, -0.1) is 11.3 Å². The summed E-state index contributed by atoms with van der Waals surface area (Å²) < 4.78 is 0. The standard InChI is InChI=1S/C15H24N2OS/c1-9(2)12-6-5-10(3)7-13(12)15(18)17-14-8-16-11(4)19-14/h8-10,12-13H,5-7H2,1-4H3,(H,17,18)/t10-,12+,13-/m1/s1. The van der Waals surface area contributed by atoms with E-state index in [0.717, 1.165) is 16.4 Å². The van der Waals surface area contributed by atoms with E-state index in [9.17, 15) is 4.79 Å². The molecule has 0 aliphatic heterocycles. The molecule has 4 heteroatoms. The van der Waals surface area contributed by atoms with Crippen molar-refractivity contribution in [2.45, 2.75) is 47.0 Å². The Kier molecular flexibility index (Phi) is 4.61. The fourth-order valence-corrected chi connectivity index (χ4v) is 3.82. The summed E-state index contributed by atoms with van der Waals surface area (Å²) in [6.45, 7) is 8.68. The Balaban J connectivity index is 2.06. The largest absolute Gasteiger partial charge is 0.316 e. The van der Waals surface area contributed by atoms with Crippen molar-refractivity contribution in [1.29, 1.82) is 0 Å². The second-order valence-electron chi connectivity index (χ2n) is 6.17. The van der Waals surface area contributed by atoms with Gasteiger partial charge in [0.15, 0.2) is 0 Å². The van der Waals surface area contributed by atoms with Crippen molar-refractivity contribution in [3.8, 4) is 0 Å². The van der Waals surface area contributed by atoms with Crippen LogP contribution in [-0.4, -0.2) is 10.9 Å². The first kappa shape index (κ1) is 14.5. The molecule has 106 valence electrons. The molecular weight excluding hydrogens is 256 g/mol. The number of aromatic nitrogens is 1. The Morgan fingerprint density at radius 2 is 2.21 bits per heavy atom. The van der Waals surface area contributed by atoms with E-state index in [-0.39, 0.29) is 11.8 Å². The van der Waals surface area contributed by atoms with Gasteiger partial charge in [0.25, 0.3) is 0 Å². The maximum Gasteiger partial charge on any atom is 0.228 e. The van der Waals surface area contributed by atoms with Crippen LogP contribution in [0.4, 0.5) is 5.00 Å². The molecule has 0 spiro atoms. The van der Waals surface area contributed by atoms with E-state index >= 15 is 0 Å². The van der Waals surface area contributed by atoms with E-state index in [2.05, 4.69) is 31.1 Å². The van der Waals surface area contributed by atoms with E-state index in [1.807, 2.05) is 6.92 Å². The molecule has 19 heavy (non-hydrogen) atoms. The molecule has 0 bridgehead atoms. The molecule has 1 heterocycles. The number of amides is 1. The van der Waals surface area contributed by atoms with Crippen LogP contribution in [0.5, 0.6) is 0 Å². The molecule has 2 rings (SSSR count). The normalized spacial score (nSPS) is 27.5. The van der Waals surface area contributed by atoms with Gasteiger partial charge in [-0.3, -0.25) is 4.79 Å². The zero-order chi connectivity index (χ0) is 14.0. The van der Waals surface area contributed by atoms with Gasteiger partial charge in [0.2, 0.25) is 5.91 Å². The third-order valence-corrected chi connectivity index (χ3v) is 5.05. The van der Waals surface area contributed by atoms with Crippen LogP contribution in [0.3, 0.4) is 0 Å². The molecular formula is C15H24N2OS. The second-order valence-corrected chi connectivity index (χ2v) is 7.40. The van der Waals surface area contributed by atoms with E-state index in [1.54, 1.807) is 17.5 Å². The Morgan fingerprint density at radius 1 is 1.47 bits per heavy atom. The molecule has 1 aliphatic carbocycles. The summed E-state index contributed by atoms with van der Waals surface area (Å²) in [4.78, 5) is 16.7. The van der Waals surface area contributed by atoms with E-state index in [0.29, 0.717) is 17.8 Å². The molecule has 1 aromatic rings. The molecule has 1 fully saturated rings. The van der Waals surface area contributed by atoms with Crippen molar-refractivity contribution in [3.63, 3.8) is 0 Å². The molecule has 1 aliphatic rings. The van der Waals surface area contributed by atoms with Crippen LogP contribution in [0, 0.1) is 30.6 Å². The summed E-state index contributed by atoms with van der Waals surface area (Å²) in [5.74, 6) is 2.10. The Hall–Kier alpha value is -0.900. The molecule has 0 unspecified atom stereocenters. The zero-order valence-electron chi connectivity index (χ0n) is 12.3. The topological polar surface area (TPSA) is 42.0 Å². The number of nitrogens with one attached hydrogen (secondary N) is 1. The maximum absolute atomic E-state index is 12.5. The monoisotopic (exact) mass is 280 g/mol. The molecule has 1 aromatic heterocycles. The lowest BCUT2D eigenvalue weighted by atomic mass is 9.70. The number of thiazole rings is 1. The van der Waals surface area contributed by atoms with Gasteiger partial charge in [0.1, 0.15) is 5.00 Å². The van der Waals surface area contributed by atoms with E-state index in [1.165, 1.54) is 12.8 Å². The summed E-state index contributed by atoms with van der Waals surface area (Å²) in [6, 6.07) is 0. The van der Waals surface area contributed by atoms with Crippen LogP contribution in [-0.2, 0) is 4.79 Å². The minimum atomic E-state index is 0.158. The number of anilines is 1. The number of rotatable bonds is 3.